The van der Waals surface area contributed by atoms with E-state index in [1.807, 2.05) is 0 Å². The van der Waals surface area contributed by atoms with Gasteiger partial charge in [-0.1, -0.05) is 13.3 Å². The van der Waals surface area contributed by atoms with Crippen molar-refractivity contribution in [3.63, 3.8) is 0 Å². The molecule has 0 spiro atoms. The Balaban J connectivity index is 1.97. The van der Waals surface area contributed by atoms with Crippen LogP contribution in [-0.2, 0) is 9.53 Å². The van der Waals surface area contributed by atoms with E-state index < -0.39 is 0 Å². The molecule has 0 aromatic carbocycles. The number of methoxy groups -OCH3 is 1. The number of amides is 1. The van der Waals surface area contributed by atoms with Gasteiger partial charge in [0.15, 0.2) is 0 Å². The SMILES string of the molecule is CCCC1(C(=O)NC2CCCC2OC)CCCN1. The number of ether oxygens (including phenoxy) is 1. The molecule has 2 aliphatic rings. The zero-order valence-electron chi connectivity index (χ0n) is 11.6. The predicted octanol–water partition coefficient (Wildman–Crippen LogP) is 1.59. The number of hydrogen-bond acceptors (Lipinski definition) is 3. The second-order valence-electron chi connectivity index (χ2n) is 5.65. The Morgan fingerprint density at radius 3 is 2.89 bits per heavy atom. The quantitative estimate of drug-likeness (QED) is 0.783. The van der Waals surface area contributed by atoms with E-state index in [1.165, 1.54) is 0 Å². The summed E-state index contributed by atoms with van der Waals surface area (Å²) in [6.45, 7) is 3.11. The van der Waals surface area contributed by atoms with E-state index in [0.29, 0.717) is 0 Å². The molecule has 0 bridgehead atoms. The highest BCUT2D eigenvalue weighted by atomic mass is 16.5. The van der Waals surface area contributed by atoms with Crippen LogP contribution in [0.3, 0.4) is 0 Å². The number of carbonyl (C=O) groups excluding carboxylic acids is 1. The monoisotopic (exact) mass is 254 g/mol. The minimum absolute atomic E-state index is 0.191. The average molecular weight is 254 g/mol. The van der Waals surface area contributed by atoms with Gasteiger partial charge in [-0.3, -0.25) is 4.79 Å². The van der Waals surface area contributed by atoms with Gasteiger partial charge in [0.25, 0.3) is 0 Å². The zero-order chi connectivity index (χ0) is 13.0. The standard InChI is InChI=1S/C14H26N2O2/c1-3-8-14(9-5-10-15-14)13(17)16-11-6-4-7-12(11)18-2/h11-12,15H,3-10H2,1-2H3,(H,16,17). The molecule has 4 nitrogen and oxygen atoms in total. The second-order valence-corrected chi connectivity index (χ2v) is 5.65. The Bertz CT molecular complexity index is 288. The zero-order valence-corrected chi connectivity index (χ0v) is 11.6. The first-order chi connectivity index (χ1) is 8.72. The molecule has 1 amide bonds. The second kappa shape index (κ2) is 6.02. The van der Waals surface area contributed by atoms with Crippen LogP contribution >= 0.6 is 0 Å². The lowest BCUT2D eigenvalue weighted by Crippen LogP contribution is -2.56. The Hall–Kier alpha value is -0.610. The summed E-state index contributed by atoms with van der Waals surface area (Å²) >= 11 is 0. The highest BCUT2D eigenvalue weighted by Crippen LogP contribution is 2.27. The topological polar surface area (TPSA) is 50.4 Å². The molecule has 2 fully saturated rings. The van der Waals surface area contributed by atoms with E-state index in [0.717, 1.165) is 51.5 Å². The van der Waals surface area contributed by atoms with Crippen molar-refractivity contribution >= 4 is 5.91 Å². The Labute approximate surface area is 110 Å². The molecule has 0 aromatic rings. The van der Waals surface area contributed by atoms with Crippen LogP contribution in [0.2, 0.25) is 0 Å². The summed E-state index contributed by atoms with van der Waals surface area (Å²) in [4.78, 5) is 12.5. The van der Waals surface area contributed by atoms with E-state index in [9.17, 15) is 4.79 Å². The van der Waals surface area contributed by atoms with Gasteiger partial charge < -0.3 is 15.4 Å². The van der Waals surface area contributed by atoms with Gasteiger partial charge in [0.2, 0.25) is 5.91 Å². The summed E-state index contributed by atoms with van der Waals surface area (Å²) in [6.07, 6.45) is 7.51. The van der Waals surface area contributed by atoms with Crippen LogP contribution in [0.4, 0.5) is 0 Å². The molecule has 18 heavy (non-hydrogen) atoms. The molecule has 3 atom stereocenters. The summed E-state index contributed by atoms with van der Waals surface area (Å²) in [5.74, 6) is 0.191. The number of hydrogen-bond donors (Lipinski definition) is 2. The Morgan fingerprint density at radius 2 is 2.28 bits per heavy atom. The summed E-state index contributed by atoms with van der Waals surface area (Å²) < 4.78 is 5.45. The minimum atomic E-state index is -0.310. The van der Waals surface area contributed by atoms with Crippen LogP contribution in [0.15, 0.2) is 0 Å². The predicted molar refractivity (Wildman–Crippen MR) is 71.5 cm³/mol. The molecule has 1 saturated heterocycles. The minimum Gasteiger partial charge on any atom is -0.379 e. The van der Waals surface area contributed by atoms with Crippen LogP contribution in [-0.4, -0.2) is 37.2 Å². The van der Waals surface area contributed by atoms with Gasteiger partial charge in [0, 0.05) is 7.11 Å². The van der Waals surface area contributed by atoms with E-state index >= 15 is 0 Å². The van der Waals surface area contributed by atoms with Crippen molar-refractivity contribution in [2.45, 2.75) is 69.6 Å². The molecular weight excluding hydrogens is 228 g/mol. The van der Waals surface area contributed by atoms with E-state index in [4.69, 9.17) is 4.74 Å². The lowest BCUT2D eigenvalue weighted by molar-refractivity contribution is -0.129. The highest BCUT2D eigenvalue weighted by molar-refractivity contribution is 5.87. The molecule has 2 rings (SSSR count). The van der Waals surface area contributed by atoms with Crippen molar-refractivity contribution in [3.05, 3.63) is 0 Å². The van der Waals surface area contributed by atoms with Crippen LogP contribution < -0.4 is 10.6 Å². The van der Waals surface area contributed by atoms with Gasteiger partial charge in [0.05, 0.1) is 17.7 Å². The van der Waals surface area contributed by atoms with Crippen LogP contribution in [0.5, 0.6) is 0 Å². The lowest BCUT2D eigenvalue weighted by Gasteiger charge is -2.31. The molecule has 1 heterocycles. The molecule has 1 saturated carbocycles. The molecule has 0 radical (unpaired) electrons. The van der Waals surface area contributed by atoms with Crippen LogP contribution in [0.1, 0.15) is 51.9 Å². The van der Waals surface area contributed by atoms with E-state index in [2.05, 4.69) is 17.6 Å². The first-order valence-corrected chi connectivity index (χ1v) is 7.30. The maximum Gasteiger partial charge on any atom is 0.240 e. The largest absolute Gasteiger partial charge is 0.379 e. The summed E-state index contributed by atoms with van der Waals surface area (Å²) in [6, 6.07) is 0.207. The average Bonchev–Trinajstić information content (AvgIpc) is 2.99. The summed E-state index contributed by atoms with van der Waals surface area (Å²) in [5, 5.41) is 6.65. The maximum atomic E-state index is 12.5. The van der Waals surface area contributed by atoms with Crippen LogP contribution in [0.25, 0.3) is 0 Å². The Kier molecular flexibility index (Phi) is 4.62. The van der Waals surface area contributed by atoms with Crippen molar-refractivity contribution in [2.24, 2.45) is 0 Å². The van der Waals surface area contributed by atoms with Crippen molar-refractivity contribution in [1.29, 1.82) is 0 Å². The molecule has 1 aliphatic carbocycles. The van der Waals surface area contributed by atoms with Crippen molar-refractivity contribution in [2.75, 3.05) is 13.7 Å². The normalized spacial score (nSPS) is 35.9. The first kappa shape index (κ1) is 13.8. The van der Waals surface area contributed by atoms with Gasteiger partial charge >= 0.3 is 0 Å². The fourth-order valence-corrected chi connectivity index (χ4v) is 3.43. The molecule has 104 valence electrons. The third-order valence-corrected chi connectivity index (χ3v) is 4.43. The van der Waals surface area contributed by atoms with Gasteiger partial charge in [0.1, 0.15) is 0 Å². The highest BCUT2D eigenvalue weighted by Gasteiger charge is 2.41. The van der Waals surface area contributed by atoms with Crippen molar-refractivity contribution in [3.8, 4) is 0 Å². The number of carbonyl (C=O) groups is 1. The first-order valence-electron chi connectivity index (χ1n) is 7.30. The van der Waals surface area contributed by atoms with E-state index in [-0.39, 0.29) is 23.6 Å². The van der Waals surface area contributed by atoms with Gasteiger partial charge in [-0.15, -0.1) is 0 Å². The van der Waals surface area contributed by atoms with E-state index in [1.54, 1.807) is 7.11 Å². The third kappa shape index (κ3) is 2.69. The van der Waals surface area contributed by atoms with Crippen molar-refractivity contribution in [1.82, 2.24) is 10.6 Å². The smallest absolute Gasteiger partial charge is 0.240 e. The third-order valence-electron chi connectivity index (χ3n) is 4.43. The number of nitrogens with one attached hydrogen (secondary N) is 2. The summed E-state index contributed by atoms with van der Waals surface area (Å²) in [7, 11) is 1.74. The maximum absolute atomic E-state index is 12.5. The fourth-order valence-electron chi connectivity index (χ4n) is 3.43. The molecular formula is C14H26N2O2. The Morgan fingerprint density at radius 1 is 1.44 bits per heavy atom. The van der Waals surface area contributed by atoms with Gasteiger partial charge in [-0.05, 0) is 45.1 Å². The molecule has 2 N–H and O–H groups in total. The van der Waals surface area contributed by atoms with Gasteiger partial charge in [-0.2, -0.15) is 0 Å². The number of rotatable bonds is 5. The molecule has 3 unspecified atom stereocenters. The lowest BCUT2D eigenvalue weighted by atomic mass is 9.90. The fraction of sp³-hybridized carbons (Fsp3) is 0.929. The molecule has 1 aliphatic heterocycles. The van der Waals surface area contributed by atoms with Crippen LogP contribution in [0, 0.1) is 0 Å². The molecule has 4 heteroatoms. The van der Waals surface area contributed by atoms with Crippen molar-refractivity contribution < 1.29 is 9.53 Å². The molecule has 0 aromatic heterocycles. The summed E-state index contributed by atoms with van der Waals surface area (Å²) in [5.41, 5.74) is -0.310. The van der Waals surface area contributed by atoms with Gasteiger partial charge in [-0.25, -0.2) is 0 Å².